The molecule has 0 aliphatic rings. The maximum Gasteiger partial charge on any atom is 0.213 e. The predicted molar refractivity (Wildman–Crippen MR) is 57.7 cm³/mol. The molecule has 0 fully saturated rings. The van der Waals surface area contributed by atoms with Crippen LogP contribution in [0.25, 0.3) is 10.8 Å². The molecule has 0 atom stereocenters. The maximum atomic E-state index is 13.4. The van der Waals surface area contributed by atoms with Gasteiger partial charge in [-0.3, -0.25) is 5.41 Å². The lowest BCUT2D eigenvalue weighted by Gasteiger charge is -2.07. The number of rotatable bonds is 1. The van der Waals surface area contributed by atoms with Crippen molar-refractivity contribution in [3.05, 3.63) is 47.8 Å². The molecule has 3 heteroatoms. The molecular weight excluding hydrogens is 193 g/mol. The van der Waals surface area contributed by atoms with Crippen molar-refractivity contribution in [1.29, 1.82) is 5.41 Å². The van der Waals surface area contributed by atoms with Gasteiger partial charge < -0.3 is 4.74 Å². The van der Waals surface area contributed by atoms with Crippen LogP contribution in [0.3, 0.4) is 0 Å². The lowest BCUT2D eigenvalue weighted by atomic mass is 10.0. The minimum Gasteiger partial charge on any atom is -0.481 e. The first kappa shape index (κ1) is 9.65. The smallest absolute Gasteiger partial charge is 0.213 e. The minimum absolute atomic E-state index is 0.0474. The van der Waals surface area contributed by atoms with Crippen LogP contribution in [-0.2, 0) is 4.74 Å². The fraction of sp³-hybridized carbons (Fsp3) is 0.0833. The fourth-order valence-corrected chi connectivity index (χ4v) is 1.57. The van der Waals surface area contributed by atoms with E-state index < -0.39 is 0 Å². The number of ether oxygens (including phenoxy) is 1. The summed E-state index contributed by atoms with van der Waals surface area (Å²) in [6, 6.07) is 9.97. The van der Waals surface area contributed by atoms with E-state index in [0.717, 1.165) is 0 Å². The SMILES string of the molecule is COC(=N)c1ccc(F)c2ccccc12. The summed E-state index contributed by atoms with van der Waals surface area (Å²) in [6.07, 6.45) is 0. The lowest BCUT2D eigenvalue weighted by molar-refractivity contribution is 0.401. The molecule has 0 aliphatic heterocycles. The van der Waals surface area contributed by atoms with Crippen LogP contribution in [0.4, 0.5) is 4.39 Å². The van der Waals surface area contributed by atoms with Gasteiger partial charge in [0.25, 0.3) is 0 Å². The van der Waals surface area contributed by atoms with Crippen LogP contribution in [0, 0.1) is 11.2 Å². The van der Waals surface area contributed by atoms with E-state index in [4.69, 9.17) is 10.1 Å². The standard InChI is InChI=1S/C12H10FNO/c1-15-12(14)10-6-7-11(13)9-5-3-2-4-8(9)10/h2-7,14H,1H3. The topological polar surface area (TPSA) is 33.1 Å². The molecule has 1 N–H and O–H groups in total. The zero-order valence-corrected chi connectivity index (χ0v) is 8.25. The highest BCUT2D eigenvalue weighted by molar-refractivity contribution is 6.05. The second-order valence-corrected chi connectivity index (χ2v) is 3.17. The average molecular weight is 203 g/mol. The van der Waals surface area contributed by atoms with Crippen LogP contribution < -0.4 is 0 Å². The van der Waals surface area contributed by atoms with Gasteiger partial charge in [0.2, 0.25) is 5.90 Å². The van der Waals surface area contributed by atoms with Crippen molar-refractivity contribution in [3.63, 3.8) is 0 Å². The monoisotopic (exact) mass is 203 g/mol. The fourth-order valence-electron chi connectivity index (χ4n) is 1.57. The number of fused-ring (bicyclic) bond motifs is 1. The number of benzene rings is 2. The number of halogens is 1. The van der Waals surface area contributed by atoms with Gasteiger partial charge in [-0.2, -0.15) is 0 Å². The van der Waals surface area contributed by atoms with E-state index in [1.165, 1.54) is 13.2 Å². The highest BCUT2D eigenvalue weighted by atomic mass is 19.1. The third kappa shape index (κ3) is 1.56. The average Bonchev–Trinajstić information content (AvgIpc) is 2.29. The van der Waals surface area contributed by atoms with Gasteiger partial charge in [-0.1, -0.05) is 24.3 Å². The molecule has 0 saturated heterocycles. The van der Waals surface area contributed by atoms with Crippen LogP contribution in [0.2, 0.25) is 0 Å². The van der Waals surface area contributed by atoms with Crippen molar-refractivity contribution < 1.29 is 9.13 Å². The molecule has 15 heavy (non-hydrogen) atoms. The molecule has 0 saturated carbocycles. The van der Waals surface area contributed by atoms with Gasteiger partial charge in [-0.05, 0) is 17.5 Å². The van der Waals surface area contributed by atoms with Crippen molar-refractivity contribution in [2.75, 3.05) is 7.11 Å². The second kappa shape index (κ2) is 3.69. The van der Waals surface area contributed by atoms with E-state index in [9.17, 15) is 4.39 Å². The minimum atomic E-state index is -0.279. The van der Waals surface area contributed by atoms with Gasteiger partial charge in [0.05, 0.1) is 7.11 Å². The van der Waals surface area contributed by atoms with Crippen molar-refractivity contribution in [2.45, 2.75) is 0 Å². The molecule has 2 rings (SSSR count). The first-order chi connectivity index (χ1) is 7.24. The molecule has 76 valence electrons. The zero-order valence-electron chi connectivity index (χ0n) is 8.25. The summed E-state index contributed by atoms with van der Waals surface area (Å²) in [6.45, 7) is 0. The summed E-state index contributed by atoms with van der Waals surface area (Å²) in [5.74, 6) is -0.232. The van der Waals surface area contributed by atoms with E-state index in [-0.39, 0.29) is 11.7 Å². The van der Waals surface area contributed by atoms with Gasteiger partial charge in [0.1, 0.15) is 5.82 Å². The zero-order chi connectivity index (χ0) is 10.8. The van der Waals surface area contributed by atoms with E-state index in [0.29, 0.717) is 16.3 Å². The summed E-state index contributed by atoms with van der Waals surface area (Å²) >= 11 is 0. The number of hydrogen-bond donors (Lipinski definition) is 1. The quantitative estimate of drug-likeness (QED) is 0.561. The summed E-state index contributed by atoms with van der Waals surface area (Å²) in [4.78, 5) is 0. The molecule has 0 amide bonds. The highest BCUT2D eigenvalue weighted by Gasteiger charge is 2.08. The van der Waals surface area contributed by atoms with Gasteiger partial charge >= 0.3 is 0 Å². The first-order valence-corrected chi connectivity index (χ1v) is 4.54. The van der Waals surface area contributed by atoms with Crippen LogP contribution >= 0.6 is 0 Å². The van der Waals surface area contributed by atoms with E-state index >= 15 is 0 Å². The van der Waals surface area contributed by atoms with Gasteiger partial charge in [-0.25, -0.2) is 4.39 Å². The largest absolute Gasteiger partial charge is 0.481 e. The number of methoxy groups -OCH3 is 1. The molecule has 0 aromatic heterocycles. The normalized spacial score (nSPS) is 10.3. The molecule has 0 bridgehead atoms. The maximum absolute atomic E-state index is 13.4. The van der Waals surface area contributed by atoms with E-state index in [1.807, 2.05) is 6.07 Å². The third-order valence-electron chi connectivity index (χ3n) is 2.32. The van der Waals surface area contributed by atoms with Crippen LogP contribution in [0.1, 0.15) is 5.56 Å². The summed E-state index contributed by atoms with van der Waals surface area (Å²) in [5, 5.41) is 8.80. The molecule has 2 aromatic rings. The Balaban J connectivity index is 2.77. The van der Waals surface area contributed by atoms with Crippen LogP contribution in [-0.4, -0.2) is 13.0 Å². The molecule has 2 nitrogen and oxygen atoms in total. The summed E-state index contributed by atoms with van der Waals surface area (Å²) < 4.78 is 18.3. The molecule has 0 heterocycles. The number of hydrogen-bond acceptors (Lipinski definition) is 2. The highest BCUT2D eigenvalue weighted by Crippen LogP contribution is 2.22. The Labute approximate surface area is 86.8 Å². The van der Waals surface area contributed by atoms with Gasteiger partial charge in [0, 0.05) is 10.9 Å². The molecule has 0 spiro atoms. The van der Waals surface area contributed by atoms with Crippen molar-refractivity contribution in [3.8, 4) is 0 Å². The number of nitrogens with one attached hydrogen (secondary N) is 1. The summed E-state index contributed by atoms with van der Waals surface area (Å²) in [7, 11) is 1.43. The Bertz CT molecular complexity index is 522. The molecule has 0 radical (unpaired) electrons. The Hall–Kier alpha value is -1.90. The molecule has 0 unspecified atom stereocenters. The molecule has 2 aromatic carbocycles. The Morgan fingerprint density at radius 1 is 1.13 bits per heavy atom. The predicted octanol–water partition coefficient (Wildman–Crippen LogP) is 2.95. The summed E-state index contributed by atoms with van der Waals surface area (Å²) in [5.41, 5.74) is 0.606. The Morgan fingerprint density at radius 3 is 2.47 bits per heavy atom. The Kier molecular flexibility index (Phi) is 2.37. The van der Waals surface area contributed by atoms with E-state index in [1.54, 1.807) is 24.3 Å². The third-order valence-corrected chi connectivity index (χ3v) is 2.32. The van der Waals surface area contributed by atoms with Crippen molar-refractivity contribution in [2.24, 2.45) is 0 Å². The van der Waals surface area contributed by atoms with Crippen molar-refractivity contribution >= 4 is 16.7 Å². The Morgan fingerprint density at radius 2 is 1.80 bits per heavy atom. The van der Waals surface area contributed by atoms with Gasteiger partial charge in [-0.15, -0.1) is 0 Å². The first-order valence-electron chi connectivity index (χ1n) is 4.54. The van der Waals surface area contributed by atoms with Gasteiger partial charge in [0.15, 0.2) is 0 Å². The van der Waals surface area contributed by atoms with Crippen LogP contribution in [0.15, 0.2) is 36.4 Å². The van der Waals surface area contributed by atoms with E-state index in [2.05, 4.69) is 0 Å². The lowest BCUT2D eigenvalue weighted by Crippen LogP contribution is -2.02. The molecule has 0 aliphatic carbocycles. The van der Waals surface area contributed by atoms with Crippen LogP contribution in [0.5, 0.6) is 0 Å². The second-order valence-electron chi connectivity index (χ2n) is 3.17. The molecular formula is C12H10FNO. The van der Waals surface area contributed by atoms with Crippen molar-refractivity contribution in [1.82, 2.24) is 0 Å².